The third-order valence-electron chi connectivity index (χ3n) is 3.72. The van der Waals surface area contributed by atoms with E-state index in [1.807, 2.05) is 37.3 Å². The van der Waals surface area contributed by atoms with E-state index in [0.29, 0.717) is 5.00 Å². The molecule has 1 N–H and O–H groups in total. The standard InChI is InChI=1S/C22H23NO5S/c1-4-6-8-13-19(24)28-15(3)20(25)23-21-17(22(26)27-5-2)14-18(29-21)16-11-9-7-10-12-16/h4,6-15H,5H2,1-3H3,(H,23,25)/b6-4+,13-8+. The minimum absolute atomic E-state index is 0.218. The van der Waals surface area contributed by atoms with Crippen LogP contribution < -0.4 is 5.32 Å². The number of rotatable bonds is 8. The van der Waals surface area contributed by atoms with E-state index in [9.17, 15) is 14.4 Å². The fourth-order valence-electron chi connectivity index (χ4n) is 2.31. The summed E-state index contributed by atoms with van der Waals surface area (Å²) in [6, 6.07) is 11.2. The molecule has 1 heterocycles. The Morgan fingerprint density at radius 3 is 2.55 bits per heavy atom. The molecule has 0 aliphatic rings. The van der Waals surface area contributed by atoms with Gasteiger partial charge in [0.05, 0.1) is 12.2 Å². The Morgan fingerprint density at radius 1 is 1.17 bits per heavy atom. The zero-order chi connectivity index (χ0) is 21.2. The Morgan fingerprint density at radius 2 is 1.90 bits per heavy atom. The molecule has 0 spiro atoms. The lowest BCUT2D eigenvalue weighted by atomic mass is 10.1. The van der Waals surface area contributed by atoms with Gasteiger partial charge in [0.15, 0.2) is 6.10 Å². The molecule has 0 fully saturated rings. The predicted molar refractivity (Wildman–Crippen MR) is 114 cm³/mol. The van der Waals surface area contributed by atoms with Crippen molar-refractivity contribution in [2.24, 2.45) is 0 Å². The minimum atomic E-state index is -1.03. The predicted octanol–water partition coefficient (Wildman–Crippen LogP) is 4.59. The Kier molecular flexibility index (Phi) is 8.36. The summed E-state index contributed by atoms with van der Waals surface area (Å²) in [7, 11) is 0. The molecule has 1 amide bonds. The monoisotopic (exact) mass is 413 g/mol. The SMILES string of the molecule is C/C=C/C=C/C(=O)OC(C)C(=O)Nc1sc(-c2ccccc2)cc1C(=O)OCC. The number of anilines is 1. The summed E-state index contributed by atoms with van der Waals surface area (Å²) < 4.78 is 10.2. The van der Waals surface area contributed by atoms with Crippen LogP contribution in [-0.2, 0) is 19.1 Å². The Hall–Kier alpha value is -3.19. The van der Waals surface area contributed by atoms with Crippen LogP contribution in [0.4, 0.5) is 5.00 Å². The first-order valence-electron chi connectivity index (χ1n) is 9.13. The van der Waals surface area contributed by atoms with Crippen molar-refractivity contribution in [3.8, 4) is 10.4 Å². The van der Waals surface area contributed by atoms with Crippen molar-refractivity contribution in [1.82, 2.24) is 0 Å². The number of allylic oxidation sites excluding steroid dienone is 3. The van der Waals surface area contributed by atoms with Gasteiger partial charge in [-0.2, -0.15) is 0 Å². The number of amides is 1. The number of carbonyl (C=O) groups excluding carboxylic acids is 3. The topological polar surface area (TPSA) is 81.7 Å². The molecular weight excluding hydrogens is 390 g/mol. The van der Waals surface area contributed by atoms with E-state index in [4.69, 9.17) is 9.47 Å². The molecule has 0 radical (unpaired) electrons. The Balaban J connectivity index is 2.19. The summed E-state index contributed by atoms with van der Waals surface area (Å²) in [6.45, 7) is 5.21. The van der Waals surface area contributed by atoms with Gasteiger partial charge in [-0.05, 0) is 32.4 Å². The van der Waals surface area contributed by atoms with Crippen molar-refractivity contribution in [1.29, 1.82) is 0 Å². The van der Waals surface area contributed by atoms with Crippen LogP contribution in [0.15, 0.2) is 60.7 Å². The van der Waals surface area contributed by atoms with E-state index in [1.54, 1.807) is 25.1 Å². The van der Waals surface area contributed by atoms with Gasteiger partial charge in [0.25, 0.3) is 5.91 Å². The number of benzene rings is 1. The lowest BCUT2D eigenvalue weighted by molar-refractivity contribution is -0.148. The molecule has 0 bridgehead atoms. The highest BCUT2D eigenvalue weighted by molar-refractivity contribution is 7.20. The number of nitrogens with one attached hydrogen (secondary N) is 1. The molecule has 1 unspecified atom stereocenters. The summed E-state index contributed by atoms with van der Waals surface area (Å²) in [5.74, 6) is -1.70. The highest BCUT2D eigenvalue weighted by Gasteiger charge is 2.23. The van der Waals surface area contributed by atoms with Gasteiger partial charge in [-0.1, -0.05) is 48.6 Å². The molecular formula is C22H23NO5S. The maximum Gasteiger partial charge on any atom is 0.341 e. The van der Waals surface area contributed by atoms with Crippen molar-refractivity contribution in [3.63, 3.8) is 0 Å². The molecule has 1 atom stereocenters. The van der Waals surface area contributed by atoms with Crippen molar-refractivity contribution in [2.45, 2.75) is 26.9 Å². The number of hydrogen-bond acceptors (Lipinski definition) is 6. The van der Waals surface area contributed by atoms with Crippen LogP contribution in [0.25, 0.3) is 10.4 Å². The maximum absolute atomic E-state index is 12.5. The van der Waals surface area contributed by atoms with Gasteiger partial charge in [-0.25, -0.2) is 9.59 Å². The fourth-order valence-corrected chi connectivity index (χ4v) is 3.37. The number of carbonyl (C=O) groups is 3. The zero-order valence-corrected chi connectivity index (χ0v) is 17.3. The molecule has 7 heteroatoms. The Labute approximate surface area is 173 Å². The van der Waals surface area contributed by atoms with E-state index in [1.165, 1.54) is 30.4 Å². The minimum Gasteiger partial charge on any atom is -0.462 e. The molecule has 0 aliphatic carbocycles. The van der Waals surface area contributed by atoms with Gasteiger partial charge in [-0.15, -0.1) is 11.3 Å². The second-order valence-corrected chi connectivity index (χ2v) is 6.95. The van der Waals surface area contributed by atoms with Crippen molar-refractivity contribution in [2.75, 3.05) is 11.9 Å². The van der Waals surface area contributed by atoms with E-state index in [2.05, 4.69) is 5.32 Å². The Bertz CT molecular complexity index is 915. The maximum atomic E-state index is 12.5. The van der Waals surface area contributed by atoms with Crippen LogP contribution in [0, 0.1) is 0 Å². The summed E-state index contributed by atoms with van der Waals surface area (Å²) in [5.41, 5.74) is 1.17. The molecule has 152 valence electrons. The first-order chi connectivity index (χ1) is 14.0. The lowest BCUT2D eigenvalue weighted by Gasteiger charge is -2.12. The molecule has 2 aromatic rings. The third kappa shape index (κ3) is 6.43. The van der Waals surface area contributed by atoms with Crippen LogP contribution >= 0.6 is 11.3 Å². The molecule has 0 saturated heterocycles. The lowest BCUT2D eigenvalue weighted by Crippen LogP contribution is -2.29. The summed E-state index contributed by atoms with van der Waals surface area (Å²) in [6.07, 6.45) is 5.16. The normalized spacial score (nSPS) is 12.1. The first kappa shape index (κ1) is 22.1. The van der Waals surface area contributed by atoms with Crippen LogP contribution in [-0.4, -0.2) is 30.6 Å². The van der Waals surface area contributed by atoms with E-state index >= 15 is 0 Å². The van der Waals surface area contributed by atoms with Crippen molar-refractivity contribution in [3.05, 3.63) is 66.3 Å². The average Bonchev–Trinajstić information content (AvgIpc) is 3.13. The molecule has 0 aliphatic heterocycles. The third-order valence-corrected chi connectivity index (χ3v) is 4.82. The van der Waals surface area contributed by atoms with E-state index < -0.39 is 23.9 Å². The number of ether oxygens (including phenoxy) is 2. The van der Waals surface area contributed by atoms with Crippen molar-refractivity contribution < 1.29 is 23.9 Å². The molecule has 2 rings (SSSR count). The van der Waals surface area contributed by atoms with Crippen LogP contribution in [0.5, 0.6) is 0 Å². The molecule has 1 aromatic heterocycles. The largest absolute Gasteiger partial charge is 0.462 e. The quantitative estimate of drug-likeness (QED) is 0.389. The van der Waals surface area contributed by atoms with Gasteiger partial charge in [0.1, 0.15) is 5.00 Å². The molecule has 0 saturated carbocycles. The number of hydrogen-bond donors (Lipinski definition) is 1. The summed E-state index contributed by atoms with van der Waals surface area (Å²) >= 11 is 1.25. The fraction of sp³-hybridized carbons (Fsp3) is 0.227. The summed E-state index contributed by atoms with van der Waals surface area (Å²) in [4.78, 5) is 37.4. The van der Waals surface area contributed by atoms with Gasteiger partial charge in [0.2, 0.25) is 0 Å². The van der Waals surface area contributed by atoms with Crippen LogP contribution in [0.3, 0.4) is 0 Å². The average molecular weight is 413 g/mol. The smallest absolute Gasteiger partial charge is 0.341 e. The summed E-state index contributed by atoms with van der Waals surface area (Å²) in [5, 5.41) is 3.02. The molecule has 1 aromatic carbocycles. The van der Waals surface area contributed by atoms with Crippen molar-refractivity contribution >= 4 is 34.2 Å². The number of esters is 2. The van der Waals surface area contributed by atoms with Crippen LogP contribution in [0.2, 0.25) is 0 Å². The highest BCUT2D eigenvalue weighted by atomic mass is 32.1. The van der Waals surface area contributed by atoms with E-state index in [0.717, 1.165) is 10.4 Å². The van der Waals surface area contributed by atoms with Gasteiger partial charge >= 0.3 is 11.9 Å². The first-order valence-corrected chi connectivity index (χ1v) is 9.95. The second kappa shape index (κ2) is 11.0. The van der Waals surface area contributed by atoms with Gasteiger partial charge < -0.3 is 14.8 Å². The molecule has 29 heavy (non-hydrogen) atoms. The van der Waals surface area contributed by atoms with Crippen LogP contribution in [0.1, 0.15) is 31.1 Å². The molecule has 6 nitrogen and oxygen atoms in total. The van der Waals surface area contributed by atoms with E-state index in [-0.39, 0.29) is 12.2 Å². The zero-order valence-electron chi connectivity index (χ0n) is 16.5. The number of thiophene rings is 1. The van der Waals surface area contributed by atoms with Gasteiger partial charge in [-0.3, -0.25) is 4.79 Å². The second-order valence-electron chi connectivity index (χ2n) is 5.89. The highest BCUT2D eigenvalue weighted by Crippen LogP contribution is 2.36. The van der Waals surface area contributed by atoms with Gasteiger partial charge in [0, 0.05) is 11.0 Å².